The molecule has 5 heteroatoms. The van der Waals surface area contributed by atoms with Crippen molar-refractivity contribution >= 4 is 28.5 Å². The van der Waals surface area contributed by atoms with Crippen LogP contribution in [0.2, 0.25) is 0 Å². The Kier molecular flexibility index (Phi) is 4.85. The topological polar surface area (TPSA) is 72.2 Å². The van der Waals surface area contributed by atoms with Crippen molar-refractivity contribution in [2.75, 3.05) is 18.0 Å². The van der Waals surface area contributed by atoms with Gasteiger partial charge in [-0.1, -0.05) is 23.9 Å². The fourth-order valence-corrected chi connectivity index (χ4v) is 1.80. The van der Waals surface area contributed by atoms with Crippen LogP contribution in [0.25, 0.3) is 0 Å². The number of thioether (sulfide) groups is 1. The molecule has 86 valence electrons. The summed E-state index contributed by atoms with van der Waals surface area (Å²) in [6.07, 6.45) is 0. The lowest BCUT2D eigenvalue weighted by molar-refractivity contribution is -0.118. The van der Waals surface area contributed by atoms with Gasteiger partial charge in [0.05, 0.1) is 0 Å². The van der Waals surface area contributed by atoms with E-state index in [4.69, 9.17) is 5.73 Å². The van der Waals surface area contributed by atoms with Crippen molar-refractivity contribution in [3.63, 3.8) is 0 Å². The number of hydrogen-bond donors (Lipinski definition) is 2. The molecule has 0 aromatic heterocycles. The lowest BCUT2D eigenvalue weighted by atomic mass is 10.2. The summed E-state index contributed by atoms with van der Waals surface area (Å²) in [7, 11) is 0. The van der Waals surface area contributed by atoms with E-state index < -0.39 is 0 Å². The quantitative estimate of drug-likeness (QED) is 0.612. The molecular formula is C11H14N2O2S. The predicted molar refractivity (Wildman–Crippen MR) is 66.3 cm³/mol. The van der Waals surface area contributed by atoms with Crippen LogP contribution in [0.5, 0.6) is 0 Å². The van der Waals surface area contributed by atoms with Crippen LogP contribution in [0.15, 0.2) is 24.3 Å². The Hall–Kier alpha value is -1.49. The van der Waals surface area contributed by atoms with Gasteiger partial charge in [0, 0.05) is 30.5 Å². The molecule has 0 fully saturated rings. The van der Waals surface area contributed by atoms with E-state index in [9.17, 15) is 9.59 Å². The summed E-state index contributed by atoms with van der Waals surface area (Å²) in [6.45, 7) is 1.94. The molecule has 3 N–H and O–H groups in total. The summed E-state index contributed by atoms with van der Waals surface area (Å²) in [5.74, 6) is 0.477. The summed E-state index contributed by atoms with van der Waals surface area (Å²) in [6, 6.07) is 6.85. The minimum Gasteiger partial charge on any atom is -0.399 e. The van der Waals surface area contributed by atoms with Gasteiger partial charge in [-0.3, -0.25) is 9.59 Å². The number of nitrogens with one attached hydrogen (secondary N) is 1. The molecular weight excluding hydrogens is 224 g/mol. The first kappa shape index (κ1) is 12.6. The highest BCUT2D eigenvalue weighted by Gasteiger charge is 2.06. The summed E-state index contributed by atoms with van der Waals surface area (Å²) in [5.41, 5.74) is 6.74. The van der Waals surface area contributed by atoms with Crippen molar-refractivity contribution in [1.29, 1.82) is 0 Å². The molecule has 0 saturated heterocycles. The summed E-state index contributed by atoms with van der Waals surface area (Å²) in [5, 5.41) is 2.60. The fourth-order valence-electron chi connectivity index (χ4n) is 1.12. The fraction of sp³-hybridized carbons (Fsp3) is 0.273. The summed E-state index contributed by atoms with van der Waals surface area (Å²) in [4.78, 5) is 22.2. The van der Waals surface area contributed by atoms with E-state index in [2.05, 4.69) is 5.32 Å². The van der Waals surface area contributed by atoms with Crippen LogP contribution in [0.4, 0.5) is 5.69 Å². The van der Waals surface area contributed by atoms with Gasteiger partial charge in [-0.25, -0.2) is 0 Å². The third-order valence-electron chi connectivity index (χ3n) is 1.83. The molecule has 16 heavy (non-hydrogen) atoms. The first-order chi connectivity index (χ1) is 7.59. The summed E-state index contributed by atoms with van der Waals surface area (Å²) >= 11 is 1.17. The normalized spacial score (nSPS) is 9.81. The highest BCUT2D eigenvalue weighted by molar-refractivity contribution is 8.14. The van der Waals surface area contributed by atoms with Crippen LogP contribution in [0.3, 0.4) is 0 Å². The molecule has 1 aromatic rings. The number of anilines is 1. The number of nitrogens with two attached hydrogens (primary N) is 1. The zero-order valence-corrected chi connectivity index (χ0v) is 9.84. The third-order valence-corrected chi connectivity index (χ3v) is 2.74. The molecule has 1 amide bonds. The SMILES string of the molecule is CC(=O)NCCSC(=O)c1cccc(N)c1. The number of carbonyl (C=O) groups is 2. The van der Waals surface area contributed by atoms with Crippen molar-refractivity contribution < 1.29 is 9.59 Å². The van der Waals surface area contributed by atoms with Crippen LogP contribution in [0.1, 0.15) is 17.3 Å². The van der Waals surface area contributed by atoms with Crippen molar-refractivity contribution in [2.24, 2.45) is 0 Å². The molecule has 0 radical (unpaired) electrons. The molecule has 0 aliphatic heterocycles. The zero-order valence-electron chi connectivity index (χ0n) is 9.03. The first-order valence-electron chi connectivity index (χ1n) is 4.86. The van der Waals surface area contributed by atoms with E-state index in [1.54, 1.807) is 24.3 Å². The van der Waals surface area contributed by atoms with Crippen molar-refractivity contribution in [3.8, 4) is 0 Å². The van der Waals surface area contributed by atoms with E-state index in [0.717, 1.165) is 0 Å². The molecule has 0 heterocycles. The van der Waals surface area contributed by atoms with Gasteiger partial charge >= 0.3 is 0 Å². The number of carbonyl (C=O) groups excluding carboxylic acids is 2. The average molecular weight is 238 g/mol. The minimum atomic E-state index is -0.0861. The van der Waals surface area contributed by atoms with Crippen LogP contribution in [-0.4, -0.2) is 23.3 Å². The number of rotatable bonds is 4. The second kappa shape index (κ2) is 6.17. The largest absolute Gasteiger partial charge is 0.399 e. The number of benzene rings is 1. The van der Waals surface area contributed by atoms with E-state index >= 15 is 0 Å². The lowest BCUT2D eigenvalue weighted by Crippen LogP contribution is -2.22. The van der Waals surface area contributed by atoms with Gasteiger partial charge in [0.1, 0.15) is 0 Å². The van der Waals surface area contributed by atoms with E-state index in [-0.39, 0.29) is 11.0 Å². The number of nitrogen functional groups attached to an aromatic ring is 1. The minimum absolute atomic E-state index is 0.0300. The Labute approximate surface area is 98.6 Å². The number of amides is 1. The highest BCUT2D eigenvalue weighted by atomic mass is 32.2. The standard InChI is InChI=1S/C11H14N2O2S/c1-8(14)13-5-6-16-11(15)9-3-2-4-10(12)7-9/h2-4,7H,5-6,12H2,1H3,(H,13,14). The van der Waals surface area contributed by atoms with Gasteiger partial charge in [0.2, 0.25) is 11.0 Å². The van der Waals surface area contributed by atoms with Gasteiger partial charge in [0.25, 0.3) is 0 Å². The molecule has 4 nitrogen and oxygen atoms in total. The molecule has 1 rings (SSSR count). The van der Waals surface area contributed by atoms with E-state index in [0.29, 0.717) is 23.5 Å². The van der Waals surface area contributed by atoms with Gasteiger partial charge in [0.15, 0.2) is 0 Å². The van der Waals surface area contributed by atoms with Crippen LogP contribution in [-0.2, 0) is 4.79 Å². The first-order valence-corrected chi connectivity index (χ1v) is 5.85. The highest BCUT2D eigenvalue weighted by Crippen LogP contribution is 2.14. The van der Waals surface area contributed by atoms with Crippen LogP contribution in [0, 0.1) is 0 Å². The van der Waals surface area contributed by atoms with Gasteiger partial charge in [-0.05, 0) is 12.1 Å². The smallest absolute Gasteiger partial charge is 0.219 e. The maximum atomic E-state index is 11.6. The number of hydrogen-bond acceptors (Lipinski definition) is 4. The second-order valence-electron chi connectivity index (χ2n) is 3.24. The van der Waals surface area contributed by atoms with Crippen LogP contribution < -0.4 is 11.1 Å². The maximum Gasteiger partial charge on any atom is 0.219 e. The molecule has 0 atom stereocenters. The Morgan fingerprint density at radius 3 is 2.81 bits per heavy atom. The van der Waals surface area contributed by atoms with Gasteiger partial charge < -0.3 is 11.1 Å². The molecule has 0 aliphatic rings. The lowest BCUT2D eigenvalue weighted by Gasteiger charge is -2.02. The molecule has 0 spiro atoms. The average Bonchev–Trinajstić information content (AvgIpc) is 2.24. The summed E-state index contributed by atoms with van der Waals surface area (Å²) < 4.78 is 0. The Morgan fingerprint density at radius 1 is 1.44 bits per heavy atom. The van der Waals surface area contributed by atoms with Crippen molar-refractivity contribution in [3.05, 3.63) is 29.8 Å². The Morgan fingerprint density at radius 2 is 2.19 bits per heavy atom. The second-order valence-corrected chi connectivity index (χ2v) is 4.31. The predicted octanol–water partition coefficient (Wildman–Crippen LogP) is 1.28. The Bertz CT molecular complexity index is 393. The van der Waals surface area contributed by atoms with Crippen LogP contribution >= 0.6 is 11.8 Å². The van der Waals surface area contributed by atoms with Gasteiger partial charge in [-0.2, -0.15) is 0 Å². The van der Waals surface area contributed by atoms with Gasteiger partial charge in [-0.15, -0.1) is 0 Å². The molecule has 0 aliphatic carbocycles. The molecule has 1 aromatic carbocycles. The zero-order chi connectivity index (χ0) is 12.0. The van der Waals surface area contributed by atoms with E-state index in [1.165, 1.54) is 18.7 Å². The molecule has 0 unspecified atom stereocenters. The maximum absolute atomic E-state index is 11.6. The van der Waals surface area contributed by atoms with E-state index in [1.807, 2.05) is 0 Å². The molecule has 0 saturated carbocycles. The molecule has 0 bridgehead atoms. The van der Waals surface area contributed by atoms with Crippen molar-refractivity contribution in [1.82, 2.24) is 5.32 Å². The monoisotopic (exact) mass is 238 g/mol. The van der Waals surface area contributed by atoms with Crippen molar-refractivity contribution in [2.45, 2.75) is 6.92 Å². The Balaban J connectivity index is 2.38. The third kappa shape index (κ3) is 4.35.